The Bertz CT molecular complexity index is 460. The van der Waals surface area contributed by atoms with Crippen LogP contribution < -0.4 is 10.6 Å². The fourth-order valence-electron chi connectivity index (χ4n) is 1.99. The highest BCUT2D eigenvalue weighted by Crippen LogP contribution is 2.12. The molecule has 21 heavy (non-hydrogen) atoms. The van der Waals surface area contributed by atoms with Gasteiger partial charge < -0.3 is 15.7 Å². The van der Waals surface area contributed by atoms with E-state index in [1.54, 1.807) is 30.3 Å². The number of hydrogen-bond donors (Lipinski definition) is 3. The standard InChI is InChI=1S/C16H24N2O3/c1-11(2)9-10-12(3)17-16(21)18-14(15(19)20)13-7-5-4-6-8-13/h4-8,11-12,14H,9-10H2,1-3H3,(H,19,20)(H2,17,18,21)/t12?,14-/m0/s1. The van der Waals surface area contributed by atoms with Crippen LogP contribution in [0.15, 0.2) is 30.3 Å². The number of carbonyl (C=O) groups excluding carboxylic acids is 1. The van der Waals surface area contributed by atoms with Gasteiger partial charge in [0.15, 0.2) is 6.04 Å². The number of carboxylic acid groups (broad SMARTS) is 1. The summed E-state index contributed by atoms with van der Waals surface area (Å²) >= 11 is 0. The van der Waals surface area contributed by atoms with Gasteiger partial charge in [0, 0.05) is 6.04 Å². The molecule has 5 heteroatoms. The van der Waals surface area contributed by atoms with Crippen molar-refractivity contribution in [2.45, 2.75) is 45.7 Å². The third kappa shape index (κ3) is 6.29. The third-order valence-corrected chi connectivity index (χ3v) is 3.21. The van der Waals surface area contributed by atoms with Crippen LogP contribution in [0.4, 0.5) is 4.79 Å². The Hall–Kier alpha value is -2.04. The van der Waals surface area contributed by atoms with Crippen LogP contribution in [-0.2, 0) is 4.79 Å². The van der Waals surface area contributed by atoms with Crippen molar-refractivity contribution in [2.75, 3.05) is 0 Å². The molecule has 116 valence electrons. The summed E-state index contributed by atoms with van der Waals surface area (Å²) < 4.78 is 0. The Kier molecular flexibility index (Phi) is 6.72. The van der Waals surface area contributed by atoms with Crippen molar-refractivity contribution in [3.8, 4) is 0 Å². The van der Waals surface area contributed by atoms with E-state index in [4.69, 9.17) is 0 Å². The minimum Gasteiger partial charge on any atom is -0.479 e. The monoisotopic (exact) mass is 292 g/mol. The van der Waals surface area contributed by atoms with Crippen LogP contribution in [-0.4, -0.2) is 23.1 Å². The van der Waals surface area contributed by atoms with E-state index in [0.29, 0.717) is 11.5 Å². The molecule has 0 aliphatic rings. The third-order valence-electron chi connectivity index (χ3n) is 3.21. The lowest BCUT2D eigenvalue weighted by atomic mass is 10.0. The lowest BCUT2D eigenvalue weighted by molar-refractivity contribution is -0.139. The van der Waals surface area contributed by atoms with Gasteiger partial charge in [-0.05, 0) is 31.2 Å². The number of hydrogen-bond acceptors (Lipinski definition) is 2. The van der Waals surface area contributed by atoms with E-state index in [0.717, 1.165) is 12.8 Å². The van der Waals surface area contributed by atoms with Gasteiger partial charge in [0.25, 0.3) is 0 Å². The van der Waals surface area contributed by atoms with Crippen LogP contribution in [0, 0.1) is 5.92 Å². The molecule has 1 unspecified atom stereocenters. The summed E-state index contributed by atoms with van der Waals surface area (Å²) in [5.41, 5.74) is 0.551. The van der Waals surface area contributed by atoms with Crippen molar-refractivity contribution in [2.24, 2.45) is 5.92 Å². The van der Waals surface area contributed by atoms with E-state index in [9.17, 15) is 14.7 Å². The first-order valence-electron chi connectivity index (χ1n) is 7.25. The van der Waals surface area contributed by atoms with Gasteiger partial charge in [0.05, 0.1) is 0 Å². The summed E-state index contributed by atoms with van der Waals surface area (Å²) in [6.07, 6.45) is 1.89. The number of amides is 2. The van der Waals surface area contributed by atoms with Gasteiger partial charge in [-0.25, -0.2) is 9.59 Å². The lowest BCUT2D eigenvalue weighted by Crippen LogP contribution is -2.44. The zero-order valence-electron chi connectivity index (χ0n) is 12.8. The zero-order chi connectivity index (χ0) is 15.8. The normalized spacial score (nSPS) is 13.5. The fourth-order valence-corrected chi connectivity index (χ4v) is 1.99. The number of aliphatic carboxylic acids is 1. The molecule has 0 heterocycles. The smallest absolute Gasteiger partial charge is 0.330 e. The van der Waals surface area contributed by atoms with Gasteiger partial charge in [-0.3, -0.25) is 0 Å². The lowest BCUT2D eigenvalue weighted by Gasteiger charge is -2.19. The summed E-state index contributed by atoms with van der Waals surface area (Å²) in [5.74, 6) is -0.500. The summed E-state index contributed by atoms with van der Waals surface area (Å²) in [4.78, 5) is 23.2. The second-order valence-electron chi connectivity index (χ2n) is 5.67. The van der Waals surface area contributed by atoms with E-state index in [-0.39, 0.29) is 6.04 Å². The molecule has 2 atom stereocenters. The van der Waals surface area contributed by atoms with Gasteiger partial charge in [0.1, 0.15) is 0 Å². The van der Waals surface area contributed by atoms with Crippen LogP contribution in [0.2, 0.25) is 0 Å². The Morgan fingerprint density at radius 2 is 1.67 bits per heavy atom. The molecule has 0 aliphatic carbocycles. The first-order chi connectivity index (χ1) is 9.90. The topological polar surface area (TPSA) is 78.4 Å². The van der Waals surface area contributed by atoms with Gasteiger partial charge >= 0.3 is 12.0 Å². The summed E-state index contributed by atoms with van der Waals surface area (Å²) in [6.45, 7) is 6.17. The van der Waals surface area contributed by atoms with Crippen LogP contribution in [0.25, 0.3) is 0 Å². The molecule has 0 saturated carbocycles. The molecule has 0 aromatic heterocycles. The summed E-state index contributed by atoms with van der Waals surface area (Å²) in [7, 11) is 0. The van der Waals surface area contributed by atoms with E-state index in [1.807, 2.05) is 6.92 Å². The van der Waals surface area contributed by atoms with Crippen LogP contribution in [0.3, 0.4) is 0 Å². The quantitative estimate of drug-likeness (QED) is 0.723. The number of rotatable bonds is 7. The van der Waals surface area contributed by atoms with Crippen molar-refractivity contribution in [1.29, 1.82) is 0 Å². The molecule has 0 fully saturated rings. The van der Waals surface area contributed by atoms with Gasteiger partial charge in [-0.2, -0.15) is 0 Å². The maximum Gasteiger partial charge on any atom is 0.330 e. The van der Waals surface area contributed by atoms with E-state index in [1.165, 1.54) is 0 Å². The predicted molar refractivity (Wildman–Crippen MR) is 82.0 cm³/mol. The largest absolute Gasteiger partial charge is 0.479 e. The maximum absolute atomic E-state index is 11.9. The highest BCUT2D eigenvalue weighted by Gasteiger charge is 2.22. The molecule has 0 radical (unpaired) electrons. The molecule has 1 aromatic rings. The molecule has 0 bridgehead atoms. The van der Waals surface area contributed by atoms with Crippen molar-refractivity contribution >= 4 is 12.0 Å². The van der Waals surface area contributed by atoms with Crippen LogP contribution >= 0.6 is 0 Å². The van der Waals surface area contributed by atoms with E-state index >= 15 is 0 Å². The number of carboxylic acids is 1. The average molecular weight is 292 g/mol. The molecule has 5 nitrogen and oxygen atoms in total. The maximum atomic E-state index is 11.9. The number of benzene rings is 1. The first-order valence-corrected chi connectivity index (χ1v) is 7.25. The predicted octanol–water partition coefficient (Wildman–Crippen LogP) is 2.94. The fraction of sp³-hybridized carbons (Fsp3) is 0.500. The molecular weight excluding hydrogens is 268 g/mol. The molecular formula is C16H24N2O3. The minimum atomic E-state index is -1.08. The molecule has 0 spiro atoms. The highest BCUT2D eigenvalue weighted by molar-refractivity contribution is 5.83. The van der Waals surface area contributed by atoms with E-state index in [2.05, 4.69) is 24.5 Å². The van der Waals surface area contributed by atoms with Gasteiger partial charge in [-0.15, -0.1) is 0 Å². The van der Waals surface area contributed by atoms with Gasteiger partial charge in [-0.1, -0.05) is 44.2 Å². The van der Waals surface area contributed by atoms with Crippen LogP contribution in [0.1, 0.15) is 45.2 Å². The molecule has 2 amide bonds. The second kappa shape index (κ2) is 8.29. The Labute approximate surface area is 125 Å². The summed E-state index contributed by atoms with van der Waals surface area (Å²) in [6, 6.07) is 7.18. The van der Waals surface area contributed by atoms with Crippen molar-refractivity contribution < 1.29 is 14.7 Å². The molecule has 0 aliphatic heterocycles. The van der Waals surface area contributed by atoms with Crippen molar-refractivity contribution in [3.63, 3.8) is 0 Å². The zero-order valence-corrected chi connectivity index (χ0v) is 12.8. The van der Waals surface area contributed by atoms with E-state index < -0.39 is 18.0 Å². The average Bonchev–Trinajstić information content (AvgIpc) is 2.43. The SMILES string of the molecule is CC(C)CCC(C)NC(=O)N[C@H](C(=O)O)c1ccccc1. The number of nitrogens with one attached hydrogen (secondary N) is 2. The molecule has 3 N–H and O–H groups in total. The first kappa shape index (κ1) is 17.0. The Balaban J connectivity index is 2.56. The number of carbonyl (C=O) groups is 2. The molecule has 1 aromatic carbocycles. The second-order valence-corrected chi connectivity index (χ2v) is 5.67. The van der Waals surface area contributed by atoms with Crippen molar-refractivity contribution in [1.82, 2.24) is 10.6 Å². The van der Waals surface area contributed by atoms with Crippen LogP contribution in [0.5, 0.6) is 0 Å². The summed E-state index contributed by atoms with van der Waals surface area (Å²) in [5, 5.41) is 14.5. The number of urea groups is 1. The molecule has 1 rings (SSSR count). The Morgan fingerprint density at radius 1 is 1.05 bits per heavy atom. The Morgan fingerprint density at radius 3 is 2.19 bits per heavy atom. The van der Waals surface area contributed by atoms with Crippen molar-refractivity contribution in [3.05, 3.63) is 35.9 Å². The molecule has 0 saturated heterocycles. The minimum absolute atomic E-state index is 0.0117. The van der Waals surface area contributed by atoms with Gasteiger partial charge in [0.2, 0.25) is 0 Å². The highest BCUT2D eigenvalue weighted by atomic mass is 16.4.